The molecule has 0 fully saturated rings. The highest BCUT2D eigenvalue weighted by molar-refractivity contribution is 5.84. The molecule has 0 aliphatic heterocycles. The first-order valence-electron chi connectivity index (χ1n) is 7.46. The van der Waals surface area contributed by atoms with Crippen molar-refractivity contribution in [2.45, 2.75) is 39.7 Å². The normalized spacial score (nSPS) is 11.6. The fraction of sp³-hybridized carbons (Fsp3) is 0.500. The van der Waals surface area contributed by atoms with Crippen LogP contribution in [0.1, 0.15) is 32.3 Å². The standard InChI is InChI=1S/C16H24N2O4/c1-4-14(22-13-8-6-7-12(3)11-13)16(20)18-17-15(19)9-10-21-5-2/h6-8,11,14H,4-5,9-10H2,1-3H3,(H,17,19)(H,18,20). The molecule has 6 nitrogen and oxygen atoms in total. The van der Waals surface area contributed by atoms with E-state index < -0.39 is 6.10 Å². The van der Waals surface area contributed by atoms with Gasteiger partial charge in [-0.2, -0.15) is 0 Å². The second-order valence-corrected chi connectivity index (χ2v) is 4.82. The zero-order chi connectivity index (χ0) is 16.4. The number of nitrogens with one attached hydrogen (secondary N) is 2. The van der Waals surface area contributed by atoms with Crippen molar-refractivity contribution in [3.05, 3.63) is 29.8 Å². The van der Waals surface area contributed by atoms with E-state index >= 15 is 0 Å². The number of hydrogen-bond donors (Lipinski definition) is 2. The highest BCUT2D eigenvalue weighted by Crippen LogP contribution is 2.15. The molecule has 0 bridgehead atoms. The molecular weight excluding hydrogens is 284 g/mol. The minimum absolute atomic E-state index is 0.198. The number of ether oxygens (including phenoxy) is 2. The van der Waals surface area contributed by atoms with Crippen LogP contribution in [0.2, 0.25) is 0 Å². The first-order chi connectivity index (χ1) is 10.6. The van der Waals surface area contributed by atoms with Crippen LogP contribution in [-0.4, -0.2) is 31.1 Å². The summed E-state index contributed by atoms with van der Waals surface area (Å²) in [5.41, 5.74) is 5.78. The molecule has 0 saturated carbocycles. The van der Waals surface area contributed by atoms with Gasteiger partial charge in [0.25, 0.3) is 5.91 Å². The Kier molecular flexibility index (Phi) is 7.99. The fourth-order valence-corrected chi connectivity index (χ4v) is 1.76. The van der Waals surface area contributed by atoms with Gasteiger partial charge in [0, 0.05) is 6.61 Å². The molecule has 6 heteroatoms. The van der Waals surface area contributed by atoms with E-state index in [1.54, 1.807) is 6.07 Å². The third-order valence-electron chi connectivity index (χ3n) is 2.93. The summed E-state index contributed by atoms with van der Waals surface area (Å²) in [4.78, 5) is 23.5. The van der Waals surface area contributed by atoms with Crippen LogP contribution in [0.3, 0.4) is 0 Å². The molecule has 2 N–H and O–H groups in total. The van der Waals surface area contributed by atoms with E-state index in [1.807, 2.05) is 39.0 Å². The predicted molar refractivity (Wildman–Crippen MR) is 83.3 cm³/mol. The van der Waals surface area contributed by atoms with Crippen LogP contribution in [0.15, 0.2) is 24.3 Å². The molecule has 0 aliphatic carbocycles. The molecule has 22 heavy (non-hydrogen) atoms. The van der Waals surface area contributed by atoms with Gasteiger partial charge in [-0.3, -0.25) is 20.4 Å². The van der Waals surface area contributed by atoms with Gasteiger partial charge in [0.05, 0.1) is 13.0 Å². The molecule has 1 aromatic rings. The maximum atomic E-state index is 12.0. The van der Waals surface area contributed by atoms with Crippen molar-refractivity contribution in [2.75, 3.05) is 13.2 Å². The fourth-order valence-electron chi connectivity index (χ4n) is 1.76. The highest BCUT2D eigenvalue weighted by Gasteiger charge is 2.18. The quantitative estimate of drug-likeness (QED) is 0.566. The molecule has 0 aliphatic rings. The lowest BCUT2D eigenvalue weighted by Gasteiger charge is -2.17. The molecular formula is C16H24N2O4. The number of hydrogen-bond acceptors (Lipinski definition) is 4. The Morgan fingerprint density at radius 3 is 2.64 bits per heavy atom. The smallest absolute Gasteiger partial charge is 0.279 e. The molecule has 122 valence electrons. The van der Waals surface area contributed by atoms with Gasteiger partial charge in [0.2, 0.25) is 5.91 Å². The Labute approximate surface area is 131 Å². The summed E-state index contributed by atoms with van der Waals surface area (Å²) in [6, 6.07) is 7.47. The number of hydrazine groups is 1. The highest BCUT2D eigenvalue weighted by atomic mass is 16.5. The Morgan fingerprint density at radius 1 is 1.23 bits per heavy atom. The topological polar surface area (TPSA) is 76.7 Å². The van der Waals surface area contributed by atoms with E-state index in [1.165, 1.54) is 0 Å². The van der Waals surface area contributed by atoms with Gasteiger partial charge in [-0.05, 0) is 38.0 Å². The Bertz CT molecular complexity index is 491. The molecule has 1 aromatic carbocycles. The largest absolute Gasteiger partial charge is 0.481 e. The van der Waals surface area contributed by atoms with Crippen molar-refractivity contribution in [3.8, 4) is 5.75 Å². The molecule has 2 amide bonds. The average Bonchev–Trinajstić information content (AvgIpc) is 2.50. The minimum Gasteiger partial charge on any atom is -0.481 e. The molecule has 0 heterocycles. The summed E-state index contributed by atoms with van der Waals surface area (Å²) in [6.45, 7) is 6.54. The van der Waals surface area contributed by atoms with E-state index in [0.29, 0.717) is 25.4 Å². The first kappa shape index (κ1) is 18.0. The van der Waals surface area contributed by atoms with Gasteiger partial charge < -0.3 is 9.47 Å². The third-order valence-corrected chi connectivity index (χ3v) is 2.93. The Morgan fingerprint density at radius 2 is 2.00 bits per heavy atom. The van der Waals surface area contributed by atoms with E-state index in [2.05, 4.69) is 10.9 Å². The lowest BCUT2D eigenvalue weighted by atomic mass is 10.2. The molecule has 1 atom stereocenters. The number of benzene rings is 1. The van der Waals surface area contributed by atoms with Crippen LogP contribution >= 0.6 is 0 Å². The molecule has 0 saturated heterocycles. The minimum atomic E-state index is -0.658. The van der Waals surface area contributed by atoms with Crippen LogP contribution in [0, 0.1) is 6.92 Å². The molecule has 0 spiro atoms. The number of aryl methyl sites for hydroxylation is 1. The summed E-state index contributed by atoms with van der Waals surface area (Å²) in [5.74, 6) is -0.0503. The summed E-state index contributed by atoms with van der Waals surface area (Å²) < 4.78 is 10.7. The molecule has 1 unspecified atom stereocenters. The molecule has 0 radical (unpaired) electrons. The van der Waals surface area contributed by atoms with Crippen LogP contribution in [0.5, 0.6) is 5.75 Å². The van der Waals surface area contributed by atoms with Crippen molar-refractivity contribution < 1.29 is 19.1 Å². The van der Waals surface area contributed by atoms with E-state index in [0.717, 1.165) is 5.56 Å². The van der Waals surface area contributed by atoms with Crippen molar-refractivity contribution in [2.24, 2.45) is 0 Å². The first-order valence-corrected chi connectivity index (χ1v) is 7.46. The summed E-state index contributed by atoms with van der Waals surface area (Å²) in [5, 5.41) is 0. The average molecular weight is 308 g/mol. The summed E-state index contributed by atoms with van der Waals surface area (Å²) in [7, 11) is 0. The van der Waals surface area contributed by atoms with Gasteiger partial charge in [0.15, 0.2) is 6.10 Å². The molecule has 1 rings (SSSR count). The van der Waals surface area contributed by atoms with Crippen molar-refractivity contribution in [3.63, 3.8) is 0 Å². The van der Waals surface area contributed by atoms with Gasteiger partial charge in [-0.1, -0.05) is 19.1 Å². The van der Waals surface area contributed by atoms with Crippen LogP contribution in [0.4, 0.5) is 0 Å². The Balaban J connectivity index is 2.42. The van der Waals surface area contributed by atoms with Crippen LogP contribution in [0.25, 0.3) is 0 Å². The SMILES string of the molecule is CCOCCC(=O)NNC(=O)C(CC)Oc1cccc(C)c1. The number of carbonyl (C=O) groups excluding carboxylic acids is 2. The number of carbonyl (C=O) groups is 2. The van der Waals surface area contributed by atoms with Crippen molar-refractivity contribution in [1.29, 1.82) is 0 Å². The maximum Gasteiger partial charge on any atom is 0.279 e. The monoisotopic (exact) mass is 308 g/mol. The summed E-state index contributed by atoms with van der Waals surface area (Å²) >= 11 is 0. The van der Waals surface area contributed by atoms with E-state index in [4.69, 9.17) is 9.47 Å². The zero-order valence-electron chi connectivity index (χ0n) is 13.3. The number of amides is 2. The van der Waals surface area contributed by atoms with Crippen molar-refractivity contribution in [1.82, 2.24) is 10.9 Å². The van der Waals surface area contributed by atoms with Gasteiger partial charge in [0.1, 0.15) is 5.75 Å². The second-order valence-electron chi connectivity index (χ2n) is 4.82. The third kappa shape index (κ3) is 6.58. The van der Waals surface area contributed by atoms with Crippen molar-refractivity contribution >= 4 is 11.8 Å². The van der Waals surface area contributed by atoms with E-state index in [-0.39, 0.29) is 18.2 Å². The van der Waals surface area contributed by atoms with Crippen LogP contribution in [-0.2, 0) is 14.3 Å². The van der Waals surface area contributed by atoms with Crippen LogP contribution < -0.4 is 15.6 Å². The Hall–Kier alpha value is -2.08. The second kappa shape index (κ2) is 9.78. The van der Waals surface area contributed by atoms with Gasteiger partial charge in [-0.25, -0.2) is 0 Å². The molecule has 0 aromatic heterocycles. The van der Waals surface area contributed by atoms with E-state index in [9.17, 15) is 9.59 Å². The zero-order valence-corrected chi connectivity index (χ0v) is 13.3. The lowest BCUT2D eigenvalue weighted by Crippen LogP contribution is -2.48. The lowest BCUT2D eigenvalue weighted by molar-refractivity contribution is -0.133. The summed E-state index contributed by atoms with van der Waals surface area (Å²) in [6.07, 6.45) is 0.0344. The predicted octanol–water partition coefficient (Wildman–Crippen LogP) is 1.73. The maximum absolute atomic E-state index is 12.0. The van der Waals surface area contributed by atoms with Gasteiger partial charge >= 0.3 is 0 Å². The number of rotatable bonds is 8. The van der Waals surface area contributed by atoms with Gasteiger partial charge in [-0.15, -0.1) is 0 Å².